The van der Waals surface area contributed by atoms with Crippen LogP contribution in [0.5, 0.6) is 11.5 Å². The Labute approximate surface area is 89.1 Å². The molecule has 0 aliphatic heterocycles. The van der Waals surface area contributed by atoms with Crippen LogP contribution >= 0.6 is 0 Å². The molecule has 1 aromatic rings. The van der Waals surface area contributed by atoms with E-state index in [1.165, 1.54) is 6.07 Å². The van der Waals surface area contributed by atoms with Gasteiger partial charge in [0.05, 0.1) is 0 Å². The average Bonchev–Trinajstić information content (AvgIpc) is 1.96. The van der Waals surface area contributed by atoms with Gasteiger partial charge in [-0.2, -0.15) is 0 Å². The van der Waals surface area contributed by atoms with E-state index in [9.17, 15) is 0 Å². The third-order valence-electron chi connectivity index (χ3n) is 1.68. The first-order valence-electron chi connectivity index (χ1n) is 4.10. The van der Waals surface area contributed by atoms with Crippen molar-refractivity contribution in [2.75, 3.05) is 0 Å². The Kier molecular flexibility index (Phi) is 4.89. The maximum Gasteiger partial charge on any atom is 0.157 e. The smallest absolute Gasteiger partial charge is 0.157 e. The van der Waals surface area contributed by atoms with Gasteiger partial charge in [-0.3, -0.25) is 0 Å². The minimum Gasteiger partial charge on any atom is -0.504 e. The molecular weight excluding hydrogens is 208 g/mol. The van der Waals surface area contributed by atoms with Gasteiger partial charge in [0.15, 0.2) is 11.5 Å². The van der Waals surface area contributed by atoms with Crippen molar-refractivity contribution in [3.05, 3.63) is 23.8 Å². The van der Waals surface area contributed by atoms with E-state index in [0.717, 1.165) is 12.0 Å². The van der Waals surface area contributed by atoms with Crippen LogP contribution in [-0.2, 0) is 23.5 Å². The van der Waals surface area contributed by atoms with Crippen LogP contribution in [0.3, 0.4) is 0 Å². The van der Waals surface area contributed by atoms with Crippen molar-refractivity contribution < 1.29 is 27.3 Å². The number of rotatable bonds is 2. The van der Waals surface area contributed by atoms with Crippen LogP contribution < -0.4 is 0 Å². The summed E-state index contributed by atoms with van der Waals surface area (Å²) in [4.78, 5) is 0. The summed E-state index contributed by atoms with van der Waals surface area (Å²) < 4.78 is 0. The summed E-state index contributed by atoms with van der Waals surface area (Å²) in [7, 11) is 0. The van der Waals surface area contributed by atoms with Gasteiger partial charge < -0.3 is 10.2 Å². The quantitative estimate of drug-likeness (QED) is 0.595. The van der Waals surface area contributed by atoms with Gasteiger partial charge >= 0.3 is 0 Å². The van der Waals surface area contributed by atoms with Gasteiger partial charge in [0.25, 0.3) is 0 Å². The number of hydrogen-bond acceptors (Lipinski definition) is 2. The molecule has 0 spiro atoms. The van der Waals surface area contributed by atoms with Crippen molar-refractivity contribution in [2.45, 2.75) is 20.3 Å². The Bertz CT molecular complexity index is 272. The van der Waals surface area contributed by atoms with E-state index >= 15 is 0 Å². The van der Waals surface area contributed by atoms with Crippen molar-refractivity contribution in [2.24, 2.45) is 5.92 Å². The van der Waals surface area contributed by atoms with E-state index in [-0.39, 0.29) is 28.6 Å². The van der Waals surface area contributed by atoms with Gasteiger partial charge in [0.1, 0.15) is 0 Å². The second-order valence-electron chi connectivity index (χ2n) is 3.42. The molecule has 3 heteroatoms. The molecule has 0 amide bonds. The third-order valence-corrected chi connectivity index (χ3v) is 1.68. The van der Waals surface area contributed by atoms with Gasteiger partial charge in [0, 0.05) is 17.1 Å². The number of hydrogen-bond donors (Lipinski definition) is 2. The summed E-state index contributed by atoms with van der Waals surface area (Å²) in [5.74, 6) is 0.476. The van der Waals surface area contributed by atoms with E-state index in [2.05, 4.69) is 13.8 Å². The summed E-state index contributed by atoms with van der Waals surface area (Å²) in [5.41, 5.74) is 1.06. The maximum atomic E-state index is 9.16. The second kappa shape index (κ2) is 5.15. The van der Waals surface area contributed by atoms with Crippen LogP contribution in [0, 0.1) is 5.92 Å². The SMILES string of the molecule is CC(C)Cc1ccc(O)c(O)c1.[Fe]. The normalized spacial score (nSPS) is 9.77. The topological polar surface area (TPSA) is 40.5 Å². The first kappa shape index (κ1) is 12.3. The van der Waals surface area contributed by atoms with Crippen molar-refractivity contribution in [3.8, 4) is 11.5 Å². The first-order valence-corrected chi connectivity index (χ1v) is 4.10. The molecule has 0 aromatic heterocycles. The first-order chi connectivity index (χ1) is 5.59. The number of aromatic hydroxyl groups is 2. The Hall–Kier alpha value is -0.661. The zero-order valence-corrected chi connectivity index (χ0v) is 8.87. The summed E-state index contributed by atoms with van der Waals surface area (Å²) in [6.45, 7) is 4.23. The van der Waals surface area contributed by atoms with E-state index < -0.39 is 0 Å². The van der Waals surface area contributed by atoms with Gasteiger partial charge in [-0.1, -0.05) is 19.9 Å². The molecule has 0 bridgehead atoms. The molecule has 0 fully saturated rings. The van der Waals surface area contributed by atoms with Crippen LogP contribution in [0.4, 0.5) is 0 Å². The molecule has 0 radical (unpaired) electrons. The van der Waals surface area contributed by atoms with Gasteiger partial charge in [-0.05, 0) is 30.0 Å². The molecule has 0 unspecified atom stereocenters. The van der Waals surface area contributed by atoms with Crippen LogP contribution in [0.1, 0.15) is 19.4 Å². The second-order valence-corrected chi connectivity index (χ2v) is 3.42. The standard InChI is InChI=1S/C10H14O2.Fe/c1-7(2)5-8-3-4-9(11)10(12)6-8;/h3-4,6-7,11-12H,5H2,1-2H3;. The molecule has 0 saturated heterocycles. The fourth-order valence-electron chi connectivity index (χ4n) is 1.17. The van der Waals surface area contributed by atoms with Gasteiger partial charge in [-0.25, -0.2) is 0 Å². The Morgan fingerprint density at radius 1 is 1.15 bits per heavy atom. The van der Waals surface area contributed by atoms with Crippen LogP contribution in [0.2, 0.25) is 0 Å². The summed E-state index contributed by atoms with van der Waals surface area (Å²) >= 11 is 0. The van der Waals surface area contributed by atoms with Crippen molar-refractivity contribution >= 4 is 0 Å². The predicted molar refractivity (Wildman–Crippen MR) is 48.3 cm³/mol. The molecule has 0 aliphatic carbocycles. The van der Waals surface area contributed by atoms with Crippen molar-refractivity contribution in [1.82, 2.24) is 0 Å². The zero-order chi connectivity index (χ0) is 9.14. The molecule has 0 aliphatic rings. The molecule has 2 N–H and O–H groups in total. The van der Waals surface area contributed by atoms with Crippen molar-refractivity contribution in [1.29, 1.82) is 0 Å². The maximum absolute atomic E-state index is 9.16. The Morgan fingerprint density at radius 2 is 1.77 bits per heavy atom. The predicted octanol–water partition coefficient (Wildman–Crippen LogP) is 2.29. The molecular formula is C10H14FeO2. The largest absolute Gasteiger partial charge is 0.504 e. The zero-order valence-electron chi connectivity index (χ0n) is 7.76. The average molecular weight is 222 g/mol. The van der Waals surface area contributed by atoms with E-state index in [1.54, 1.807) is 6.07 Å². The summed E-state index contributed by atoms with van der Waals surface area (Å²) in [5, 5.41) is 18.2. The molecule has 1 aromatic carbocycles. The van der Waals surface area contributed by atoms with Crippen LogP contribution in [0.15, 0.2) is 18.2 Å². The molecule has 74 valence electrons. The van der Waals surface area contributed by atoms with Gasteiger partial charge in [0.2, 0.25) is 0 Å². The molecule has 0 atom stereocenters. The molecule has 2 nitrogen and oxygen atoms in total. The molecule has 13 heavy (non-hydrogen) atoms. The van der Waals surface area contributed by atoms with E-state index in [1.807, 2.05) is 6.07 Å². The van der Waals surface area contributed by atoms with Crippen LogP contribution in [0.25, 0.3) is 0 Å². The molecule has 0 saturated carbocycles. The third kappa shape index (κ3) is 3.70. The fraction of sp³-hybridized carbons (Fsp3) is 0.400. The molecule has 0 heterocycles. The summed E-state index contributed by atoms with van der Waals surface area (Å²) in [6, 6.07) is 4.96. The van der Waals surface area contributed by atoms with E-state index in [0.29, 0.717) is 5.92 Å². The Balaban J connectivity index is 0.00000144. The summed E-state index contributed by atoms with van der Waals surface area (Å²) in [6.07, 6.45) is 0.924. The minimum atomic E-state index is -0.0532. The Morgan fingerprint density at radius 3 is 2.23 bits per heavy atom. The van der Waals surface area contributed by atoms with Crippen molar-refractivity contribution in [3.63, 3.8) is 0 Å². The number of phenolic OH excluding ortho intramolecular Hbond substituents is 2. The fourth-order valence-corrected chi connectivity index (χ4v) is 1.17. The minimum absolute atomic E-state index is 0. The number of benzene rings is 1. The van der Waals surface area contributed by atoms with Gasteiger partial charge in [-0.15, -0.1) is 0 Å². The monoisotopic (exact) mass is 222 g/mol. The molecule has 1 rings (SSSR count). The van der Waals surface area contributed by atoms with E-state index in [4.69, 9.17) is 10.2 Å². The van der Waals surface area contributed by atoms with Crippen LogP contribution in [-0.4, -0.2) is 10.2 Å². The number of phenols is 2.